The highest BCUT2D eigenvalue weighted by Gasteiger charge is 2.30. The van der Waals surface area contributed by atoms with E-state index in [0.717, 1.165) is 25.1 Å². The van der Waals surface area contributed by atoms with E-state index in [-0.39, 0.29) is 18.0 Å². The van der Waals surface area contributed by atoms with E-state index < -0.39 is 0 Å². The van der Waals surface area contributed by atoms with Gasteiger partial charge in [-0.25, -0.2) is 0 Å². The lowest BCUT2D eigenvalue weighted by atomic mass is 9.96. The first-order valence-electron chi connectivity index (χ1n) is 8.37. The molecule has 3 nitrogen and oxygen atoms in total. The van der Waals surface area contributed by atoms with E-state index in [0.29, 0.717) is 6.42 Å². The van der Waals surface area contributed by atoms with Crippen LogP contribution in [0.2, 0.25) is 0 Å². The molecular formula is C20H24N2O. The summed E-state index contributed by atoms with van der Waals surface area (Å²) in [6.45, 7) is 2.96. The smallest absolute Gasteiger partial charge is 0.224 e. The van der Waals surface area contributed by atoms with Gasteiger partial charge in [-0.2, -0.15) is 0 Å². The molecule has 0 bridgehead atoms. The second-order valence-corrected chi connectivity index (χ2v) is 6.32. The second-order valence-electron chi connectivity index (χ2n) is 6.32. The monoisotopic (exact) mass is 308 g/mol. The van der Waals surface area contributed by atoms with Crippen LogP contribution in [0.15, 0.2) is 60.7 Å². The van der Waals surface area contributed by atoms with Crippen molar-refractivity contribution < 1.29 is 4.79 Å². The zero-order valence-corrected chi connectivity index (χ0v) is 13.6. The van der Waals surface area contributed by atoms with E-state index in [1.54, 1.807) is 0 Å². The summed E-state index contributed by atoms with van der Waals surface area (Å²) in [6.07, 6.45) is 2.50. The minimum atomic E-state index is 0.230. The molecule has 23 heavy (non-hydrogen) atoms. The van der Waals surface area contributed by atoms with Gasteiger partial charge in [-0.3, -0.25) is 4.79 Å². The van der Waals surface area contributed by atoms with Gasteiger partial charge in [0.2, 0.25) is 5.91 Å². The molecule has 1 heterocycles. The highest BCUT2D eigenvalue weighted by molar-refractivity contribution is 5.78. The Labute approximate surface area is 138 Å². The van der Waals surface area contributed by atoms with Gasteiger partial charge in [-0.1, -0.05) is 48.5 Å². The quantitative estimate of drug-likeness (QED) is 0.913. The average molecular weight is 308 g/mol. The first-order valence-corrected chi connectivity index (χ1v) is 8.37. The topological polar surface area (TPSA) is 32.3 Å². The fourth-order valence-electron chi connectivity index (χ4n) is 3.32. The molecule has 1 aliphatic rings. The van der Waals surface area contributed by atoms with Gasteiger partial charge >= 0.3 is 0 Å². The Bertz CT molecular complexity index is 627. The van der Waals surface area contributed by atoms with Gasteiger partial charge in [0.05, 0.1) is 0 Å². The lowest BCUT2D eigenvalue weighted by Crippen LogP contribution is -2.49. The van der Waals surface area contributed by atoms with Crippen molar-refractivity contribution in [3.63, 3.8) is 0 Å². The van der Waals surface area contributed by atoms with Gasteiger partial charge in [0.25, 0.3) is 0 Å². The molecule has 0 aliphatic carbocycles. The number of hydrogen-bond acceptors (Lipinski definition) is 2. The molecule has 1 saturated heterocycles. The first kappa shape index (κ1) is 15.6. The van der Waals surface area contributed by atoms with Crippen LogP contribution in [0.1, 0.15) is 25.3 Å². The molecule has 2 aromatic carbocycles. The predicted molar refractivity (Wildman–Crippen MR) is 94.4 cm³/mol. The van der Waals surface area contributed by atoms with Crippen LogP contribution >= 0.6 is 0 Å². The summed E-state index contributed by atoms with van der Waals surface area (Å²) < 4.78 is 0. The van der Waals surface area contributed by atoms with Crippen LogP contribution in [-0.2, 0) is 11.2 Å². The number of likely N-dealkylation sites (tertiary alicyclic amines) is 1. The molecule has 0 spiro atoms. The third kappa shape index (κ3) is 4.13. The van der Waals surface area contributed by atoms with Gasteiger partial charge in [-0.05, 0) is 37.5 Å². The van der Waals surface area contributed by atoms with Crippen molar-refractivity contribution in [3.8, 4) is 0 Å². The Morgan fingerprint density at radius 2 is 1.70 bits per heavy atom. The lowest BCUT2D eigenvalue weighted by molar-refractivity contribution is -0.136. The van der Waals surface area contributed by atoms with Gasteiger partial charge in [-0.15, -0.1) is 0 Å². The van der Waals surface area contributed by atoms with Crippen LogP contribution in [0.3, 0.4) is 0 Å². The Hall–Kier alpha value is -2.29. The summed E-state index contributed by atoms with van der Waals surface area (Å²) >= 11 is 0. The standard InChI is InChI=1S/C20H24N2O/c1-16-14-19(21-18-10-6-3-7-11-18)15-20(23)22(16)13-12-17-8-4-2-5-9-17/h2-11,16,19,21H,12-15H2,1H3/t16-,19-/m1/s1. The molecule has 1 amide bonds. The third-order valence-electron chi connectivity index (χ3n) is 4.53. The lowest BCUT2D eigenvalue weighted by Gasteiger charge is -2.38. The molecule has 2 atom stereocenters. The number of rotatable bonds is 5. The zero-order valence-electron chi connectivity index (χ0n) is 13.6. The summed E-state index contributed by atoms with van der Waals surface area (Å²) in [4.78, 5) is 14.6. The fraction of sp³-hybridized carbons (Fsp3) is 0.350. The number of nitrogens with one attached hydrogen (secondary N) is 1. The minimum absolute atomic E-state index is 0.230. The van der Waals surface area contributed by atoms with Crippen molar-refractivity contribution in [3.05, 3.63) is 66.2 Å². The van der Waals surface area contributed by atoms with E-state index in [1.165, 1.54) is 5.56 Å². The van der Waals surface area contributed by atoms with Crippen molar-refractivity contribution in [1.29, 1.82) is 0 Å². The van der Waals surface area contributed by atoms with Gasteiger partial charge in [0, 0.05) is 30.7 Å². The highest BCUT2D eigenvalue weighted by Crippen LogP contribution is 2.22. The van der Waals surface area contributed by atoms with Crippen molar-refractivity contribution in [2.45, 2.75) is 38.3 Å². The van der Waals surface area contributed by atoms with Gasteiger partial charge in [0.15, 0.2) is 0 Å². The van der Waals surface area contributed by atoms with E-state index in [1.807, 2.05) is 29.2 Å². The van der Waals surface area contributed by atoms with Crippen LogP contribution in [0.25, 0.3) is 0 Å². The summed E-state index contributed by atoms with van der Waals surface area (Å²) in [6, 6.07) is 21.0. The van der Waals surface area contributed by atoms with Gasteiger partial charge in [0.1, 0.15) is 0 Å². The summed E-state index contributed by atoms with van der Waals surface area (Å²) in [5.74, 6) is 0.258. The van der Waals surface area contributed by atoms with Crippen LogP contribution in [-0.4, -0.2) is 29.4 Å². The zero-order chi connectivity index (χ0) is 16.1. The molecule has 0 aromatic heterocycles. The normalized spacial score (nSPS) is 21.3. The fourth-order valence-corrected chi connectivity index (χ4v) is 3.32. The third-order valence-corrected chi connectivity index (χ3v) is 4.53. The first-order chi connectivity index (χ1) is 11.2. The maximum absolute atomic E-state index is 12.5. The van der Waals surface area contributed by atoms with E-state index in [2.05, 4.69) is 48.6 Å². The van der Waals surface area contributed by atoms with E-state index in [9.17, 15) is 4.79 Å². The number of piperidine rings is 1. The van der Waals surface area contributed by atoms with Crippen LogP contribution in [0.5, 0.6) is 0 Å². The Kier molecular flexibility index (Phi) is 4.96. The maximum atomic E-state index is 12.5. The molecule has 3 heteroatoms. The molecule has 0 radical (unpaired) electrons. The predicted octanol–water partition coefficient (Wildman–Crippen LogP) is 3.72. The van der Waals surface area contributed by atoms with E-state index in [4.69, 9.17) is 0 Å². The number of para-hydroxylation sites is 1. The average Bonchev–Trinajstić information content (AvgIpc) is 2.56. The molecule has 1 aliphatic heterocycles. The summed E-state index contributed by atoms with van der Waals surface area (Å²) in [5.41, 5.74) is 2.38. The molecule has 3 rings (SSSR count). The van der Waals surface area contributed by atoms with Crippen molar-refractivity contribution >= 4 is 11.6 Å². The molecule has 120 valence electrons. The molecule has 1 fully saturated rings. The molecule has 0 unspecified atom stereocenters. The Morgan fingerprint density at radius 1 is 1.04 bits per heavy atom. The van der Waals surface area contributed by atoms with Gasteiger partial charge < -0.3 is 10.2 Å². The van der Waals surface area contributed by atoms with Crippen LogP contribution < -0.4 is 5.32 Å². The largest absolute Gasteiger partial charge is 0.382 e. The second kappa shape index (κ2) is 7.32. The number of hydrogen-bond donors (Lipinski definition) is 1. The molecule has 0 saturated carbocycles. The van der Waals surface area contributed by atoms with Crippen molar-refractivity contribution in [1.82, 2.24) is 4.90 Å². The van der Waals surface area contributed by atoms with Crippen LogP contribution in [0, 0.1) is 0 Å². The molecular weight excluding hydrogens is 284 g/mol. The number of carbonyl (C=O) groups excluding carboxylic acids is 1. The van der Waals surface area contributed by atoms with Crippen molar-refractivity contribution in [2.75, 3.05) is 11.9 Å². The number of amides is 1. The highest BCUT2D eigenvalue weighted by atomic mass is 16.2. The summed E-state index contributed by atoms with van der Waals surface area (Å²) in [5, 5.41) is 3.49. The summed E-state index contributed by atoms with van der Waals surface area (Å²) in [7, 11) is 0. The molecule has 2 aromatic rings. The van der Waals surface area contributed by atoms with Crippen LogP contribution in [0.4, 0.5) is 5.69 Å². The molecule has 1 N–H and O–H groups in total. The number of anilines is 1. The van der Waals surface area contributed by atoms with Crippen molar-refractivity contribution in [2.24, 2.45) is 0 Å². The number of nitrogens with zero attached hydrogens (tertiary/aromatic N) is 1. The number of benzene rings is 2. The Morgan fingerprint density at radius 3 is 2.35 bits per heavy atom. The maximum Gasteiger partial charge on any atom is 0.224 e. The SMILES string of the molecule is C[C@@H]1C[C@@H](Nc2ccccc2)CC(=O)N1CCc1ccccc1. The number of carbonyl (C=O) groups is 1. The van der Waals surface area contributed by atoms with E-state index >= 15 is 0 Å². The minimum Gasteiger partial charge on any atom is -0.382 e. The Balaban J connectivity index is 1.56.